The first-order valence-corrected chi connectivity index (χ1v) is 14.2. The van der Waals surface area contributed by atoms with E-state index in [0.29, 0.717) is 5.95 Å². The van der Waals surface area contributed by atoms with E-state index < -0.39 is 11.2 Å². The Hall–Kier alpha value is -4.52. The van der Waals surface area contributed by atoms with E-state index in [1.165, 1.54) is 5.39 Å². The highest BCUT2D eigenvalue weighted by Gasteiger charge is 2.35. The van der Waals surface area contributed by atoms with Crippen LogP contribution in [-0.2, 0) is 4.65 Å². The van der Waals surface area contributed by atoms with Gasteiger partial charge in [0, 0.05) is 21.7 Å². The van der Waals surface area contributed by atoms with E-state index in [-0.39, 0.29) is 0 Å². The van der Waals surface area contributed by atoms with Crippen LogP contribution in [0.25, 0.3) is 60.7 Å². The highest BCUT2D eigenvalue weighted by molar-refractivity contribution is 6.47. The van der Waals surface area contributed by atoms with Crippen molar-refractivity contribution in [2.24, 2.45) is 0 Å². The Kier molecular flexibility index (Phi) is 6.15. The van der Waals surface area contributed by atoms with Crippen LogP contribution in [0, 0.1) is 0 Å². The zero-order chi connectivity index (χ0) is 29.1. The third-order valence-corrected chi connectivity index (χ3v) is 8.50. The second-order valence-electron chi connectivity index (χ2n) is 11.9. The molecular weight excluding hydrogens is 517 g/mol. The lowest BCUT2D eigenvalue weighted by atomic mass is 9.82. The molecule has 0 fully saturated rings. The van der Waals surface area contributed by atoms with Crippen molar-refractivity contribution in [3.63, 3.8) is 0 Å². The molecule has 0 unspecified atom stereocenters. The van der Waals surface area contributed by atoms with Crippen molar-refractivity contribution in [2.75, 3.05) is 0 Å². The van der Waals surface area contributed by atoms with E-state index in [9.17, 15) is 5.11 Å². The van der Waals surface area contributed by atoms with Gasteiger partial charge in [-0.25, -0.2) is 9.97 Å². The van der Waals surface area contributed by atoms with E-state index in [0.717, 1.165) is 54.8 Å². The molecule has 0 spiro atoms. The second-order valence-corrected chi connectivity index (χ2v) is 11.9. The predicted octanol–water partition coefficient (Wildman–Crippen LogP) is 7.36. The molecule has 42 heavy (non-hydrogen) atoms. The molecule has 0 atom stereocenters. The Bertz CT molecular complexity index is 2120. The molecule has 2 aromatic heterocycles. The van der Waals surface area contributed by atoms with E-state index in [1.54, 1.807) is 21.3 Å². The number of hydrogen-bond acceptors (Lipinski definition) is 4. The van der Waals surface area contributed by atoms with Gasteiger partial charge in [-0.3, -0.25) is 4.57 Å². The molecule has 6 heteroatoms. The molecular formula is C36H31BN3O2. The van der Waals surface area contributed by atoms with Crippen molar-refractivity contribution in [3.05, 3.63) is 109 Å². The SMILES string of the molecule is CC(C)(O)C(C)(C)O[B]c1ccc2c3ccccc3n(-c3nc(-c4cccc5ccccc45)c4ccccc4n3)c2c1. The lowest BCUT2D eigenvalue weighted by molar-refractivity contribution is -0.0893. The van der Waals surface area contributed by atoms with E-state index in [1.807, 2.05) is 38.1 Å². The Labute approximate surface area is 245 Å². The molecule has 7 rings (SSSR count). The van der Waals surface area contributed by atoms with Crippen LogP contribution in [0.4, 0.5) is 0 Å². The predicted molar refractivity (Wildman–Crippen MR) is 174 cm³/mol. The molecule has 0 aliphatic rings. The maximum Gasteiger partial charge on any atom is 0.330 e. The molecule has 0 amide bonds. The summed E-state index contributed by atoms with van der Waals surface area (Å²) in [7, 11) is 1.72. The Morgan fingerprint density at radius 1 is 0.667 bits per heavy atom. The van der Waals surface area contributed by atoms with Crippen LogP contribution < -0.4 is 5.46 Å². The first-order valence-electron chi connectivity index (χ1n) is 14.2. The highest BCUT2D eigenvalue weighted by Crippen LogP contribution is 2.35. The van der Waals surface area contributed by atoms with Gasteiger partial charge in [0.1, 0.15) is 0 Å². The number of para-hydroxylation sites is 2. The van der Waals surface area contributed by atoms with Crippen LogP contribution in [0.2, 0.25) is 0 Å². The number of benzene rings is 5. The number of aliphatic hydroxyl groups is 1. The van der Waals surface area contributed by atoms with Gasteiger partial charge in [0.25, 0.3) is 0 Å². The molecule has 7 aromatic rings. The zero-order valence-electron chi connectivity index (χ0n) is 24.2. The summed E-state index contributed by atoms with van der Waals surface area (Å²) < 4.78 is 8.25. The molecule has 5 aromatic carbocycles. The monoisotopic (exact) mass is 548 g/mol. The van der Waals surface area contributed by atoms with Gasteiger partial charge in [-0.05, 0) is 56.7 Å². The van der Waals surface area contributed by atoms with Crippen molar-refractivity contribution in [2.45, 2.75) is 38.9 Å². The Morgan fingerprint density at radius 2 is 1.33 bits per heavy atom. The minimum absolute atomic E-state index is 0.609. The Morgan fingerprint density at radius 3 is 2.14 bits per heavy atom. The summed E-state index contributed by atoms with van der Waals surface area (Å²) in [4.78, 5) is 10.4. The topological polar surface area (TPSA) is 60.2 Å². The average Bonchev–Trinajstić information content (AvgIpc) is 3.32. The van der Waals surface area contributed by atoms with E-state index in [2.05, 4.69) is 89.5 Å². The summed E-state index contributed by atoms with van der Waals surface area (Å²) >= 11 is 0. The zero-order valence-corrected chi connectivity index (χ0v) is 24.2. The summed E-state index contributed by atoms with van der Waals surface area (Å²) in [5.41, 5.74) is 3.97. The number of hydrogen-bond donors (Lipinski definition) is 1. The molecule has 0 aliphatic carbocycles. The maximum absolute atomic E-state index is 10.6. The fourth-order valence-corrected chi connectivity index (χ4v) is 5.44. The number of aromatic nitrogens is 3. The van der Waals surface area contributed by atoms with Crippen molar-refractivity contribution in [1.82, 2.24) is 14.5 Å². The van der Waals surface area contributed by atoms with Crippen LogP contribution in [0.1, 0.15) is 27.7 Å². The quantitative estimate of drug-likeness (QED) is 0.221. The van der Waals surface area contributed by atoms with Gasteiger partial charge in [-0.15, -0.1) is 0 Å². The second kappa shape index (κ2) is 9.80. The third-order valence-electron chi connectivity index (χ3n) is 8.50. The van der Waals surface area contributed by atoms with Gasteiger partial charge >= 0.3 is 7.48 Å². The average molecular weight is 548 g/mol. The Balaban J connectivity index is 1.46. The fourth-order valence-electron chi connectivity index (χ4n) is 5.44. The standard InChI is InChI=1S/C36H31BN3O2/c1-35(2,41)36(3,4)42-37-24-20-21-27-26-15-8-10-19-31(26)40(32(27)22-24)34-38-30-18-9-7-16-29(30)33(39-34)28-17-11-13-23-12-5-6-14-25(23)28/h5-22,41H,1-4H3. The normalized spacial score (nSPS) is 12.5. The van der Waals surface area contributed by atoms with Crippen LogP contribution in [-0.4, -0.2) is 38.3 Å². The van der Waals surface area contributed by atoms with E-state index in [4.69, 9.17) is 14.6 Å². The number of fused-ring (bicyclic) bond motifs is 5. The minimum atomic E-state index is -1.01. The lowest BCUT2D eigenvalue weighted by Crippen LogP contribution is -2.49. The lowest BCUT2D eigenvalue weighted by Gasteiger charge is -2.37. The molecule has 0 bridgehead atoms. The highest BCUT2D eigenvalue weighted by atomic mass is 16.5. The molecule has 2 heterocycles. The van der Waals surface area contributed by atoms with Crippen molar-refractivity contribution >= 4 is 56.4 Å². The summed E-state index contributed by atoms with van der Waals surface area (Å²) in [6, 6.07) is 37.6. The fraction of sp³-hybridized carbons (Fsp3) is 0.167. The van der Waals surface area contributed by atoms with Crippen LogP contribution in [0.3, 0.4) is 0 Å². The number of rotatable bonds is 6. The van der Waals surface area contributed by atoms with Crippen LogP contribution in [0.5, 0.6) is 0 Å². The van der Waals surface area contributed by atoms with Gasteiger partial charge < -0.3 is 9.76 Å². The third kappa shape index (κ3) is 4.35. The minimum Gasteiger partial charge on any atom is -0.427 e. The van der Waals surface area contributed by atoms with E-state index >= 15 is 0 Å². The number of nitrogens with zero attached hydrogens (tertiary/aromatic N) is 3. The van der Waals surface area contributed by atoms with Gasteiger partial charge in [0.2, 0.25) is 5.95 Å². The molecule has 205 valence electrons. The van der Waals surface area contributed by atoms with Gasteiger partial charge in [-0.1, -0.05) is 96.5 Å². The molecule has 0 aliphatic heterocycles. The maximum atomic E-state index is 10.6. The van der Waals surface area contributed by atoms with Crippen LogP contribution >= 0.6 is 0 Å². The van der Waals surface area contributed by atoms with Crippen molar-refractivity contribution < 1.29 is 9.76 Å². The molecule has 0 saturated heterocycles. The van der Waals surface area contributed by atoms with Gasteiger partial charge in [0.05, 0.1) is 33.4 Å². The molecule has 1 radical (unpaired) electrons. The summed E-state index contributed by atoms with van der Waals surface area (Å²) in [5, 5.41) is 16.2. The molecule has 5 nitrogen and oxygen atoms in total. The van der Waals surface area contributed by atoms with Crippen molar-refractivity contribution in [1.29, 1.82) is 0 Å². The first-order chi connectivity index (χ1) is 20.2. The molecule has 0 saturated carbocycles. The summed E-state index contributed by atoms with van der Waals surface area (Å²) in [6.07, 6.45) is 0. The van der Waals surface area contributed by atoms with Gasteiger partial charge in [-0.2, -0.15) is 0 Å². The molecule has 1 N–H and O–H groups in total. The first kappa shape index (κ1) is 26.4. The smallest absolute Gasteiger partial charge is 0.330 e. The van der Waals surface area contributed by atoms with Crippen molar-refractivity contribution in [3.8, 4) is 17.2 Å². The summed E-state index contributed by atoms with van der Waals surface area (Å²) in [6.45, 7) is 7.28. The summed E-state index contributed by atoms with van der Waals surface area (Å²) in [5.74, 6) is 0.609. The largest absolute Gasteiger partial charge is 0.427 e. The van der Waals surface area contributed by atoms with Gasteiger partial charge in [0.15, 0.2) is 0 Å². The van der Waals surface area contributed by atoms with Crippen LogP contribution in [0.15, 0.2) is 109 Å².